The van der Waals surface area contributed by atoms with Gasteiger partial charge in [0, 0.05) is 6.04 Å². The highest BCUT2D eigenvalue weighted by Gasteiger charge is 2.21. The lowest BCUT2D eigenvalue weighted by Gasteiger charge is -2.12. The zero-order valence-corrected chi connectivity index (χ0v) is 14.9. The van der Waals surface area contributed by atoms with E-state index in [1.165, 1.54) is 12.8 Å². The number of hydrogen-bond acceptors (Lipinski definition) is 5. The number of anilines is 1. The molecule has 1 saturated carbocycles. The molecule has 2 N–H and O–H groups in total. The van der Waals surface area contributed by atoms with E-state index in [2.05, 4.69) is 34.8 Å². The van der Waals surface area contributed by atoms with E-state index < -0.39 is 0 Å². The topological polar surface area (TPSA) is 84.3 Å². The maximum absolute atomic E-state index is 6.18. The maximum Gasteiger partial charge on any atom is 0.226 e. The highest BCUT2D eigenvalue weighted by molar-refractivity contribution is 6.28. The van der Waals surface area contributed by atoms with Gasteiger partial charge in [0.1, 0.15) is 5.82 Å². The van der Waals surface area contributed by atoms with Crippen LogP contribution >= 0.6 is 11.6 Å². The fraction of sp³-hybridized carbons (Fsp3) is 0.333. The van der Waals surface area contributed by atoms with Crippen LogP contribution in [-0.2, 0) is 6.54 Å². The number of nitrogens with zero attached hydrogens (tertiary/aromatic N) is 5. The molecule has 8 heteroatoms. The maximum atomic E-state index is 6.18. The molecule has 1 aliphatic rings. The summed E-state index contributed by atoms with van der Waals surface area (Å²) in [5.41, 5.74) is 3.50. The van der Waals surface area contributed by atoms with Crippen LogP contribution in [0.3, 0.4) is 0 Å². The van der Waals surface area contributed by atoms with Gasteiger partial charge in [-0.2, -0.15) is 9.97 Å². The van der Waals surface area contributed by atoms with Crippen molar-refractivity contribution in [3.8, 4) is 0 Å². The van der Waals surface area contributed by atoms with Crippen molar-refractivity contribution in [1.82, 2.24) is 29.5 Å². The lowest BCUT2D eigenvalue weighted by molar-refractivity contribution is 0.529. The number of nitrogens with one attached hydrogen (secondary N) is 2. The first-order valence-corrected chi connectivity index (χ1v) is 9.23. The standard InChI is InChI=1S/C18H18ClN7/c19-18-24-16(20-9-14-22-12-7-3-4-8-13(12)23-14)15-17(25-18)26(10-21-15)11-5-1-2-6-11/h3-4,7-8,10-11H,1-2,5-6,9H2,(H,22,23)(H,20,24,25). The molecule has 7 nitrogen and oxygen atoms in total. The fourth-order valence-corrected chi connectivity index (χ4v) is 3.88. The number of halogens is 1. The first-order chi connectivity index (χ1) is 12.8. The molecule has 0 spiro atoms. The van der Waals surface area contributed by atoms with Gasteiger partial charge in [0.2, 0.25) is 5.28 Å². The second-order valence-corrected chi connectivity index (χ2v) is 7.00. The highest BCUT2D eigenvalue weighted by Crippen LogP contribution is 2.33. The SMILES string of the molecule is Clc1nc(NCc2nc3ccccc3[nH]2)c2ncn(C3CCCC3)c2n1. The minimum absolute atomic E-state index is 0.226. The molecule has 0 amide bonds. The number of aromatic nitrogens is 6. The third kappa shape index (κ3) is 2.68. The Bertz CT molecular complexity index is 1040. The third-order valence-electron chi connectivity index (χ3n) is 4.97. The molecule has 5 rings (SSSR count). The Morgan fingerprint density at radius 3 is 2.85 bits per heavy atom. The van der Waals surface area contributed by atoms with E-state index in [9.17, 15) is 0 Å². The Morgan fingerprint density at radius 1 is 1.15 bits per heavy atom. The Kier molecular flexibility index (Phi) is 3.74. The predicted molar refractivity (Wildman–Crippen MR) is 101 cm³/mol. The molecule has 1 aromatic carbocycles. The van der Waals surface area contributed by atoms with Gasteiger partial charge in [0.25, 0.3) is 0 Å². The minimum atomic E-state index is 0.226. The van der Waals surface area contributed by atoms with E-state index in [1.807, 2.05) is 30.6 Å². The summed E-state index contributed by atoms with van der Waals surface area (Å²) < 4.78 is 2.14. The molecule has 1 fully saturated rings. The number of rotatable bonds is 4. The zero-order chi connectivity index (χ0) is 17.5. The van der Waals surface area contributed by atoms with E-state index in [-0.39, 0.29) is 5.28 Å². The second-order valence-electron chi connectivity index (χ2n) is 6.66. The monoisotopic (exact) mass is 367 g/mol. The number of aromatic amines is 1. The van der Waals surface area contributed by atoms with Crippen molar-refractivity contribution in [2.75, 3.05) is 5.32 Å². The number of imidazole rings is 2. The number of para-hydroxylation sites is 2. The van der Waals surface area contributed by atoms with Crippen LogP contribution in [0.1, 0.15) is 37.5 Å². The normalized spacial score (nSPS) is 15.3. The van der Waals surface area contributed by atoms with E-state index >= 15 is 0 Å². The molecule has 132 valence electrons. The van der Waals surface area contributed by atoms with Crippen LogP contribution in [0, 0.1) is 0 Å². The fourth-order valence-electron chi connectivity index (χ4n) is 3.72. The van der Waals surface area contributed by atoms with Crippen LogP contribution < -0.4 is 5.32 Å². The predicted octanol–water partition coefficient (Wildman–Crippen LogP) is 4.08. The largest absolute Gasteiger partial charge is 0.361 e. The van der Waals surface area contributed by atoms with Crippen LogP contribution in [0.15, 0.2) is 30.6 Å². The summed E-state index contributed by atoms with van der Waals surface area (Å²) in [6.45, 7) is 0.507. The molecule has 0 unspecified atom stereocenters. The molecule has 0 saturated heterocycles. The molecule has 0 bridgehead atoms. The van der Waals surface area contributed by atoms with Gasteiger partial charge in [-0.25, -0.2) is 9.97 Å². The summed E-state index contributed by atoms with van der Waals surface area (Å²) in [4.78, 5) is 21.2. The van der Waals surface area contributed by atoms with Crippen molar-refractivity contribution >= 4 is 39.6 Å². The minimum Gasteiger partial charge on any atom is -0.361 e. The summed E-state index contributed by atoms with van der Waals surface area (Å²) in [7, 11) is 0. The second kappa shape index (κ2) is 6.25. The molecule has 4 aromatic rings. The van der Waals surface area contributed by atoms with E-state index in [0.29, 0.717) is 18.4 Å². The lowest BCUT2D eigenvalue weighted by atomic mass is 10.2. The van der Waals surface area contributed by atoms with Crippen molar-refractivity contribution in [3.05, 3.63) is 41.7 Å². The number of benzene rings is 1. The van der Waals surface area contributed by atoms with Crippen molar-refractivity contribution in [2.24, 2.45) is 0 Å². The van der Waals surface area contributed by atoms with Gasteiger partial charge >= 0.3 is 0 Å². The van der Waals surface area contributed by atoms with Crippen molar-refractivity contribution in [2.45, 2.75) is 38.3 Å². The van der Waals surface area contributed by atoms with E-state index in [0.717, 1.165) is 40.9 Å². The number of H-pyrrole nitrogens is 1. The molecule has 1 aliphatic carbocycles. The van der Waals surface area contributed by atoms with Crippen molar-refractivity contribution < 1.29 is 0 Å². The summed E-state index contributed by atoms with van der Waals surface area (Å²) in [5.74, 6) is 1.47. The molecule has 3 aromatic heterocycles. The van der Waals surface area contributed by atoms with Gasteiger partial charge in [-0.05, 0) is 36.6 Å². The summed E-state index contributed by atoms with van der Waals surface area (Å²) in [5, 5.41) is 3.53. The van der Waals surface area contributed by atoms with Crippen LogP contribution in [0.25, 0.3) is 22.2 Å². The Labute approximate surface area is 154 Å². The average molecular weight is 368 g/mol. The summed E-state index contributed by atoms with van der Waals surface area (Å²) in [6, 6.07) is 8.41. The molecular weight excluding hydrogens is 350 g/mol. The van der Waals surface area contributed by atoms with Crippen LogP contribution in [0.5, 0.6) is 0 Å². The van der Waals surface area contributed by atoms with Crippen LogP contribution in [0.2, 0.25) is 5.28 Å². The Morgan fingerprint density at radius 2 is 2.00 bits per heavy atom. The summed E-state index contributed by atoms with van der Waals surface area (Å²) >= 11 is 6.18. The van der Waals surface area contributed by atoms with Gasteiger partial charge in [0.05, 0.1) is 23.9 Å². The van der Waals surface area contributed by atoms with Gasteiger partial charge in [0.15, 0.2) is 17.0 Å². The zero-order valence-electron chi connectivity index (χ0n) is 14.1. The van der Waals surface area contributed by atoms with Crippen LogP contribution in [0.4, 0.5) is 5.82 Å². The van der Waals surface area contributed by atoms with Gasteiger partial charge in [-0.1, -0.05) is 25.0 Å². The Hall–Kier alpha value is -2.67. The summed E-state index contributed by atoms with van der Waals surface area (Å²) in [6.07, 6.45) is 6.68. The van der Waals surface area contributed by atoms with Gasteiger partial charge < -0.3 is 14.9 Å². The quantitative estimate of drug-likeness (QED) is 0.531. The van der Waals surface area contributed by atoms with E-state index in [4.69, 9.17) is 11.6 Å². The number of fused-ring (bicyclic) bond motifs is 2. The molecule has 0 aliphatic heterocycles. The van der Waals surface area contributed by atoms with Gasteiger partial charge in [-0.15, -0.1) is 0 Å². The van der Waals surface area contributed by atoms with Crippen molar-refractivity contribution in [3.63, 3.8) is 0 Å². The number of hydrogen-bond donors (Lipinski definition) is 2. The first kappa shape index (κ1) is 15.6. The Balaban J connectivity index is 1.46. The molecular formula is C18H18ClN7. The smallest absolute Gasteiger partial charge is 0.226 e. The molecule has 26 heavy (non-hydrogen) atoms. The first-order valence-electron chi connectivity index (χ1n) is 8.85. The van der Waals surface area contributed by atoms with E-state index in [1.54, 1.807) is 0 Å². The van der Waals surface area contributed by atoms with Crippen molar-refractivity contribution in [1.29, 1.82) is 0 Å². The average Bonchev–Trinajstić information content (AvgIpc) is 3.37. The molecule has 3 heterocycles. The highest BCUT2D eigenvalue weighted by atomic mass is 35.5. The molecule has 0 radical (unpaired) electrons. The van der Waals surface area contributed by atoms with Gasteiger partial charge in [-0.3, -0.25) is 0 Å². The van der Waals surface area contributed by atoms with Crippen LogP contribution in [-0.4, -0.2) is 29.5 Å². The third-order valence-corrected chi connectivity index (χ3v) is 5.14. The lowest BCUT2D eigenvalue weighted by Crippen LogP contribution is -2.07. The molecule has 0 atom stereocenters.